The van der Waals surface area contributed by atoms with Gasteiger partial charge >= 0.3 is 0 Å². The van der Waals surface area contributed by atoms with Gasteiger partial charge in [-0.05, 0) is 13.0 Å². The first-order chi connectivity index (χ1) is 6.60. The van der Waals surface area contributed by atoms with E-state index < -0.39 is 5.38 Å². The fourth-order valence-electron chi connectivity index (χ4n) is 1.10. The highest BCUT2D eigenvalue weighted by atomic mass is 35.5. The molecule has 0 bridgehead atoms. The van der Waals surface area contributed by atoms with E-state index in [2.05, 4.69) is 6.92 Å². The second-order valence-electron chi connectivity index (χ2n) is 3.15. The zero-order chi connectivity index (χ0) is 11.0. The van der Waals surface area contributed by atoms with Crippen LogP contribution < -0.4 is 5.73 Å². The van der Waals surface area contributed by atoms with Crippen molar-refractivity contribution in [1.82, 2.24) is 4.90 Å². The van der Waals surface area contributed by atoms with Gasteiger partial charge in [0.25, 0.3) is 0 Å². The Hall–Kier alpha value is -0.790. The van der Waals surface area contributed by atoms with Gasteiger partial charge in [0.1, 0.15) is 5.38 Å². The summed E-state index contributed by atoms with van der Waals surface area (Å²) in [4.78, 5) is 12.5. The Morgan fingerprint density at radius 1 is 1.71 bits per heavy atom. The van der Waals surface area contributed by atoms with Crippen LogP contribution in [0.2, 0.25) is 0 Å². The first-order valence-electron chi connectivity index (χ1n) is 4.64. The molecule has 0 spiro atoms. The van der Waals surface area contributed by atoms with Crippen LogP contribution in [0.1, 0.15) is 19.8 Å². The predicted octanol–water partition coefficient (Wildman–Crippen LogP) is 0.705. The average molecular weight is 218 g/mol. The zero-order valence-corrected chi connectivity index (χ0v) is 9.13. The van der Waals surface area contributed by atoms with Gasteiger partial charge in [-0.1, -0.05) is 13.3 Å². The minimum absolute atomic E-state index is 0.172. The van der Waals surface area contributed by atoms with Gasteiger partial charge in [0.15, 0.2) is 0 Å². The van der Waals surface area contributed by atoms with E-state index in [0.29, 0.717) is 6.54 Å². The van der Waals surface area contributed by atoms with Gasteiger partial charge in [-0.3, -0.25) is 9.69 Å². The second kappa shape index (κ2) is 7.60. The molecule has 0 fully saturated rings. The summed E-state index contributed by atoms with van der Waals surface area (Å²) in [6, 6.07) is 1.92. The predicted molar refractivity (Wildman–Crippen MR) is 55.8 cm³/mol. The van der Waals surface area contributed by atoms with Gasteiger partial charge in [-0.15, -0.1) is 11.6 Å². The molecule has 0 saturated carbocycles. The summed E-state index contributed by atoms with van der Waals surface area (Å²) in [7, 11) is 0. The molecule has 14 heavy (non-hydrogen) atoms. The zero-order valence-electron chi connectivity index (χ0n) is 8.37. The lowest BCUT2D eigenvalue weighted by Gasteiger charge is -2.20. The maximum Gasteiger partial charge on any atom is 0.231 e. The van der Waals surface area contributed by atoms with Gasteiger partial charge in [0, 0.05) is 6.54 Å². The highest BCUT2D eigenvalue weighted by molar-refractivity contribution is 6.22. The number of rotatable bonds is 7. The van der Waals surface area contributed by atoms with E-state index in [-0.39, 0.29) is 12.5 Å². The highest BCUT2D eigenvalue weighted by Gasteiger charge is 2.12. The number of amides is 1. The molecule has 0 saturated heterocycles. The van der Waals surface area contributed by atoms with Gasteiger partial charge < -0.3 is 5.73 Å². The summed E-state index contributed by atoms with van der Waals surface area (Å²) in [5.74, 6) is -0.386. The van der Waals surface area contributed by atoms with Crippen molar-refractivity contribution >= 4 is 17.5 Å². The Morgan fingerprint density at radius 2 is 2.36 bits per heavy atom. The average Bonchev–Trinajstić information content (AvgIpc) is 2.13. The number of unbranched alkanes of at least 4 members (excludes halogenated alkanes) is 1. The summed E-state index contributed by atoms with van der Waals surface area (Å²) >= 11 is 5.67. The molecule has 0 rings (SSSR count). The number of nitriles is 1. The Morgan fingerprint density at radius 3 is 2.79 bits per heavy atom. The van der Waals surface area contributed by atoms with Crippen molar-refractivity contribution < 1.29 is 4.79 Å². The summed E-state index contributed by atoms with van der Waals surface area (Å²) in [5, 5.41) is 7.94. The molecule has 0 aliphatic heterocycles. The Kier molecular flexibility index (Phi) is 7.17. The number of carbonyl (C=O) groups is 1. The molecule has 0 aliphatic rings. The van der Waals surface area contributed by atoms with E-state index in [1.807, 2.05) is 11.0 Å². The molecule has 1 unspecified atom stereocenters. The van der Waals surface area contributed by atoms with E-state index in [4.69, 9.17) is 22.6 Å². The van der Waals surface area contributed by atoms with Crippen molar-refractivity contribution in [2.24, 2.45) is 5.73 Å². The highest BCUT2D eigenvalue weighted by Crippen LogP contribution is 2.01. The third-order valence-electron chi connectivity index (χ3n) is 1.77. The number of halogens is 1. The lowest BCUT2D eigenvalue weighted by atomic mass is 10.3. The molecule has 2 N–H and O–H groups in total. The molecular formula is C9H16ClN3O. The summed E-state index contributed by atoms with van der Waals surface area (Å²) in [6.07, 6.45) is 2.01. The monoisotopic (exact) mass is 217 g/mol. The van der Waals surface area contributed by atoms with Gasteiger partial charge in [-0.2, -0.15) is 5.26 Å². The molecule has 5 heteroatoms. The molecule has 4 nitrogen and oxygen atoms in total. The fraction of sp³-hybridized carbons (Fsp3) is 0.778. The first kappa shape index (κ1) is 13.2. The van der Waals surface area contributed by atoms with E-state index >= 15 is 0 Å². The smallest absolute Gasteiger partial charge is 0.231 e. The molecule has 0 aromatic carbocycles. The van der Waals surface area contributed by atoms with Crippen LogP contribution in [-0.4, -0.2) is 35.8 Å². The summed E-state index contributed by atoms with van der Waals surface area (Å²) in [5.41, 5.74) is 5.08. The standard InChI is InChI=1S/C9H16ClN3O/c1-2-3-4-13(7-9(12)14)6-8(10)5-11/h8H,2-4,6-7H2,1H3,(H2,12,14). The van der Waals surface area contributed by atoms with Crippen LogP contribution in [0.15, 0.2) is 0 Å². The molecule has 1 atom stereocenters. The molecule has 0 heterocycles. The molecule has 0 aliphatic carbocycles. The molecule has 0 aromatic rings. The molecule has 80 valence electrons. The fourth-order valence-corrected chi connectivity index (χ4v) is 1.30. The van der Waals surface area contributed by atoms with Crippen molar-refractivity contribution in [1.29, 1.82) is 5.26 Å². The minimum atomic E-state index is -0.578. The van der Waals surface area contributed by atoms with Gasteiger partial charge in [-0.25, -0.2) is 0 Å². The van der Waals surface area contributed by atoms with Crippen molar-refractivity contribution in [3.05, 3.63) is 0 Å². The van der Waals surface area contributed by atoms with Crippen LogP contribution in [0.3, 0.4) is 0 Å². The SMILES string of the molecule is CCCCN(CC(N)=O)CC(Cl)C#N. The van der Waals surface area contributed by atoms with Crippen LogP contribution in [0.4, 0.5) is 0 Å². The lowest BCUT2D eigenvalue weighted by Crippen LogP contribution is -2.37. The lowest BCUT2D eigenvalue weighted by molar-refractivity contribution is -0.119. The van der Waals surface area contributed by atoms with Gasteiger partial charge in [0.2, 0.25) is 5.91 Å². The number of hydrogen-bond acceptors (Lipinski definition) is 3. The number of alkyl halides is 1. The maximum atomic E-state index is 10.7. The van der Waals surface area contributed by atoms with E-state index in [9.17, 15) is 4.79 Å². The van der Waals surface area contributed by atoms with E-state index in [0.717, 1.165) is 19.4 Å². The number of nitrogens with two attached hydrogens (primary N) is 1. The van der Waals surface area contributed by atoms with E-state index in [1.54, 1.807) is 0 Å². The summed E-state index contributed by atoms with van der Waals surface area (Å²) < 4.78 is 0. The van der Waals surface area contributed by atoms with Crippen molar-refractivity contribution in [3.8, 4) is 6.07 Å². The molecule has 0 aromatic heterocycles. The van der Waals surface area contributed by atoms with Gasteiger partial charge in [0.05, 0.1) is 12.6 Å². The normalized spacial score (nSPS) is 12.4. The summed E-state index contributed by atoms with van der Waals surface area (Å²) in [6.45, 7) is 3.38. The van der Waals surface area contributed by atoms with Crippen molar-refractivity contribution in [2.75, 3.05) is 19.6 Å². The number of nitrogens with zero attached hydrogens (tertiary/aromatic N) is 2. The molecule has 1 amide bonds. The third-order valence-corrected chi connectivity index (χ3v) is 2.00. The topological polar surface area (TPSA) is 70.1 Å². The van der Waals surface area contributed by atoms with Crippen LogP contribution in [-0.2, 0) is 4.79 Å². The van der Waals surface area contributed by atoms with Crippen molar-refractivity contribution in [2.45, 2.75) is 25.1 Å². The largest absolute Gasteiger partial charge is 0.369 e. The van der Waals surface area contributed by atoms with Crippen LogP contribution in [0.25, 0.3) is 0 Å². The van der Waals surface area contributed by atoms with Crippen molar-refractivity contribution in [3.63, 3.8) is 0 Å². The molecular weight excluding hydrogens is 202 g/mol. The minimum Gasteiger partial charge on any atom is -0.369 e. The maximum absolute atomic E-state index is 10.7. The number of hydrogen-bond donors (Lipinski definition) is 1. The van der Waals surface area contributed by atoms with E-state index in [1.165, 1.54) is 0 Å². The first-order valence-corrected chi connectivity index (χ1v) is 5.08. The third kappa shape index (κ3) is 6.70. The number of carbonyl (C=O) groups excluding carboxylic acids is 1. The Bertz CT molecular complexity index is 215. The van der Waals surface area contributed by atoms with Crippen LogP contribution in [0.5, 0.6) is 0 Å². The molecule has 0 radical (unpaired) electrons. The second-order valence-corrected chi connectivity index (χ2v) is 3.68. The van der Waals surface area contributed by atoms with Crippen LogP contribution >= 0.6 is 11.6 Å². The Labute approximate surface area is 89.6 Å². The quantitative estimate of drug-likeness (QED) is 0.639. The number of primary amides is 1. The Balaban J connectivity index is 3.97. The van der Waals surface area contributed by atoms with Crippen LogP contribution in [0, 0.1) is 11.3 Å².